The first kappa shape index (κ1) is 13.4. The zero-order valence-electron chi connectivity index (χ0n) is 9.62. The van der Waals surface area contributed by atoms with Gasteiger partial charge in [0.05, 0.1) is 6.54 Å². The van der Waals surface area contributed by atoms with Crippen molar-refractivity contribution in [2.75, 3.05) is 5.73 Å². The Bertz CT molecular complexity index is 666. The highest BCUT2D eigenvalue weighted by atomic mass is 19.3. The van der Waals surface area contributed by atoms with E-state index < -0.39 is 24.5 Å². The van der Waals surface area contributed by atoms with Crippen LogP contribution in [0, 0.1) is 0 Å². The SMILES string of the molecule is Nc1cc2ccccc2c(=O)n1CC(F)(F)C(F)F. The van der Waals surface area contributed by atoms with Crippen molar-refractivity contribution in [1.82, 2.24) is 4.57 Å². The molecule has 1 aromatic carbocycles. The van der Waals surface area contributed by atoms with Gasteiger partial charge in [-0.3, -0.25) is 9.36 Å². The first-order chi connectivity index (χ1) is 8.83. The average Bonchev–Trinajstić information content (AvgIpc) is 2.34. The summed E-state index contributed by atoms with van der Waals surface area (Å²) in [5, 5.41) is 0.628. The Morgan fingerprint density at radius 2 is 1.89 bits per heavy atom. The van der Waals surface area contributed by atoms with E-state index >= 15 is 0 Å². The summed E-state index contributed by atoms with van der Waals surface area (Å²) in [5.74, 6) is -4.58. The minimum Gasteiger partial charge on any atom is -0.385 e. The van der Waals surface area contributed by atoms with Gasteiger partial charge in [-0.05, 0) is 17.5 Å². The Morgan fingerprint density at radius 1 is 1.26 bits per heavy atom. The topological polar surface area (TPSA) is 48.0 Å². The third-order valence-corrected chi connectivity index (χ3v) is 2.74. The van der Waals surface area contributed by atoms with Crippen LogP contribution in [0.15, 0.2) is 35.1 Å². The number of benzene rings is 1. The molecule has 0 bridgehead atoms. The molecule has 0 fully saturated rings. The maximum atomic E-state index is 13.0. The molecule has 0 atom stereocenters. The predicted molar refractivity (Wildman–Crippen MR) is 63.6 cm³/mol. The molecule has 0 saturated carbocycles. The van der Waals surface area contributed by atoms with E-state index in [4.69, 9.17) is 5.73 Å². The van der Waals surface area contributed by atoms with Crippen molar-refractivity contribution >= 4 is 16.6 Å². The first-order valence-corrected chi connectivity index (χ1v) is 5.37. The molecule has 0 spiro atoms. The van der Waals surface area contributed by atoms with Crippen LogP contribution in [-0.2, 0) is 6.54 Å². The number of hydrogen-bond donors (Lipinski definition) is 1. The van der Waals surface area contributed by atoms with E-state index in [-0.39, 0.29) is 11.2 Å². The molecule has 2 N–H and O–H groups in total. The van der Waals surface area contributed by atoms with E-state index in [2.05, 4.69) is 0 Å². The van der Waals surface area contributed by atoms with Gasteiger partial charge >= 0.3 is 12.3 Å². The average molecular weight is 274 g/mol. The monoisotopic (exact) mass is 274 g/mol. The number of fused-ring (bicyclic) bond motifs is 1. The summed E-state index contributed by atoms with van der Waals surface area (Å²) < 4.78 is 50.9. The number of anilines is 1. The maximum Gasteiger partial charge on any atom is 0.325 e. The molecular weight excluding hydrogens is 264 g/mol. The molecule has 19 heavy (non-hydrogen) atoms. The van der Waals surface area contributed by atoms with E-state index in [1.54, 1.807) is 18.2 Å². The molecule has 0 unspecified atom stereocenters. The number of halogens is 4. The molecule has 2 aromatic rings. The van der Waals surface area contributed by atoms with E-state index in [0.29, 0.717) is 9.95 Å². The van der Waals surface area contributed by atoms with Gasteiger partial charge in [-0.2, -0.15) is 8.78 Å². The Kier molecular flexibility index (Phi) is 3.21. The van der Waals surface area contributed by atoms with Crippen LogP contribution >= 0.6 is 0 Å². The van der Waals surface area contributed by atoms with Gasteiger partial charge in [-0.15, -0.1) is 0 Å². The Balaban J connectivity index is 2.59. The summed E-state index contributed by atoms with van der Waals surface area (Å²) in [6.45, 7) is -1.44. The molecule has 1 aromatic heterocycles. The predicted octanol–water partition coefficient (Wildman–Crippen LogP) is 2.48. The van der Waals surface area contributed by atoms with Crippen molar-refractivity contribution in [2.45, 2.75) is 18.9 Å². The van der Waals surface area contributed by atoms with Gasteiger partial charge in [0.2, 0.25) is 0 Å². The summed E-state index contributed by atoms with van der Waals surface area (Å²) in [4.78, 5) is 12.0. The van der Waals surface area contributed by atoms with Crippen LogP contribution in [0.3, 0.4) is 0 Å². The summed E-state index contributed by atoms with van der Waals surface area (Å²) in [5.41, 5.74) is 4.67. The van der Waals surface area contributed by atoms with Crippen molar-refractivity contribution in [3.63, 3.8) is 0 Å². The van der Waals surface area contributed by atoms with E-state index in [1.165, 1.54) is 12.1 Å². The zero-order valence-corrected chi connectivity index (χ0v) is 9.62. The quantitative estimate of drug-likeness (QED) is 0.874. The second kappa shape index (κ2) is 4.56. The normalized spacial score (nSPS) is 12.3. The molecule has 2 rings (SSSR count). The van der Waals surface area contributed by atoms with Crippen LogP contribution in [0.25, 0.3) is 10.8 Å². The van der Waals surface area contributed by atoms with Crippen molar-refractivity contribution < 1.29 is 17.6 Å². The molecule has 7 heteroatoms. The van der Waals surface area contributed by atoms with Gasteiger partial charge in [0, 0.05) is 5.39 Å². The number of aromatic nitrogens is 1. The second-order valence-electron chi connectivity index (χ2n) is 4.11. The highest BCUT2D eigenvalue weighted by Gasteiger charge is 2.41. The molecule has 1 heterocycles. The maximum absolute atomic E-state index is 13.0. The van der Waals surface area contributed by atoms with E-state index in [9.17, 15) is 22.4 Å². The lowest BCUT2D eigenvalue weighted by molar-refractivity contribution is -0.137. The summed E-state index contributed by atoms with van der Waals surface area (Å²) in [6, 6.07) is 7.52. The lowest BCUT2D eigenvalue weighted by atomic mass is 10.1. The van der Waals surface area contributed by atoms with Crippen LogP contribution in [0.2, 0.25) is 0 Å². The number of nitrogens with zero attached hydrogens (tertiary/aromatic N) is 1. The fourth-order valence-electron chi connectivity index (χ4n) is 1.76. The van der Waals surface area contributed by atoms with Gasteiger partial charge in [-0.25, -0.2) is 8.78 Å². The van der Waals surface area contributed by atoms with Crippen LogP contribution in [0.4, 0.5) is 23.4 Å². The molecule has 0 aliphatic carbocycles. The molecule has 0 radical (unpaired) electrons. The van der Waals surface area contributed by atoms with Gasteiger partial charge in [0.25, 0.3) is 5.56 Å². The van der Waals surface area contributed by atoms with Crippen LogP contribution < -0.4 is 11.3 Å². The lowest BCUT2D eigenvalue weighted by Crippen LogP contribution is -2.37. The molecule has 0 amide bonds. The highest BCUT2D eigenvalue weighted by molar-refractivity contribution is 5.83. The number of alkyl halides is 4. The fourth-order valence-corrected chi connectivity index (χ4v) is 1.76. The largest absolute Gasteiger partial charge is 0.385 e. The summed E-state index contributed by atoms with van der Waals surface area (Å²) in [7, 11) is 0. The summed E-state index contributed by atoms with van der Waals surface area (Å²) >= 11 is 0. The van der Waals surface area contributed by atoms with Crippen molar-refractivity contribution in [3.05, 3.63) is 40.7 Å². The third kappa shape index (κ3) is 2.40. The number of rotatable bonds is 3. The third-order valence-electron chi connectivity index (χ3n) is 2.74. The second-order valence-corrected chi connectivity index (χ2v) is 4.11. The van der Waals surface area contributed by atoms with E-state index in [1.807, 2.05) is 0 Å². The Labute approximate surface area is 105 Å². The van der Waals surface area contributed by atoms with Gasteiger partial charge in [0.15, 0.2) is 0 Å². The smallest absolute Gasteiger partial charge is 0.325 e. The Morgan fingerprint density at radius 3 is 2.53 bits per heavy atom. The fraction of sp³-hybridized carbons (Fsp3) is 0.250. The minimum absolute atomic E-state index is 0.154. The standard InChI is InChI=1S/C12H10F4N2O/c13-11(14)12(15,16)6-18-9(17)5-7-3-1-2-4-8(7)10(18)19/h1-5,11H,6,17H2. The van der Waals surface area contributed by atoms with Crippen LogP contribution in [0.5, 0.6) is 0 Å². The molecular formula is C12H10F4N2O. The van der Waals surface area contributed by atoms with Gasteiger partial charge in [-0.1, -0.05) is 18.2 Å². The van der Waals surface area contributed by atoms with Crippen LogP contribution in [-0.4, -0.2) is 16.9 Å². The minimum atomic E-state index is -4.31. The number of hydrogen-bond acceptors (Lipinski definition) is 2. The zero-order chi connectivity index (χ0) is 14.2. The van der Waals surface area contributed by atoms with Crippen LogP contribution in [0.1, 0.15) is 0 Å². The molecule has 0 saturated heterocycles. The Hall–Kier alpha value is -2.05. The highest BCUT2D eigenvalue weighted by Crippen LogP contribution is 2.26. The lowest BCUT2D eigenvalue weighted by Gasteiger charge is -2.18. The van der Waals surface area contributed by atoms with E-state index in [0.717, 1.165) is 0 Å². The first-order valence-electron chi connectivity index (χ1n) is 5.37. The molecule has 0 aliphatic rings. The van der Waals surface area contributed by atoms with Gasteiger partial charge in [0.1, 0.15) is 5.82 Å². The number of nitrogen functional groups attached to an aromatic ring is 1. The molecule has 3 nitrogen and oxygen atoms in total. The molecule has 0 aliphatic heterocycles. The summed E-state index contributed by atoms with van der Waals surface area (Å²) in [6.07, 6.45) is -3.86. The number of pyridine rings is 1. The van der Waals surface area contributed by atoms with Crippen molar-refractivity contribution in [3.8, 4) is 0 Å². The number of nitrogens with two attached hydrogens (primary N) is 1. The van der Waals surface area contributed by atoms with Crippen molar-refractivity contribution in [2.24, 2.45) is 0 Å². The van der Waals surface area contributed by atoms with Gasteiger partial charge < -0.3 is 5.73 Å². The van der Waals surface area contributed by atoms with Crippen molar-refractivity contribution in [1.29, 1.82) is 0 Å². The molecule has 102 valence electrons.